The molecule has 0 bridgehead atoms. The summed E-state index contributed by atoms with van der Waals surface area (Å²) in [5.41, 5.74) is -0.308. The van der Waals surface area contributed by atoms with Crippen molar-refractivity contribution in [1.82, 2.24) is 10.2 Å². The Hall–Kier alpha value is 0.390. The number of amides is 1. The number of nitrogens with zero attached hydrogens (tertiary/aromatic N) is 1. The van der Waals surface area contributed by atoms with Crippen molar-refractivity contribution in [1.29, 1.82) is 0 Å². The van der Waals surface area contributed by atoms with E-state index in [1.807, 2.05) is 6.92 Å². The molecule has 0 aromatic rings. The molecule has 1 heterocycles. The number of hydrogen-bond donors (Lipinski definition) is 1. The van der Waals surface area contributed by atoms with Gasteiger partial charge in [0.25, 0.3) is 0 Å². The van der Waals surface area contributed by atoms with Crippen molar-refractivity contribution in [2.24, 2.45) is 11.3 Å². The minimum absolute atomic E-state index is 0.152. The summed E-state index contributed by atoms with van der Waals surface area (Å²) in [6.45, 7) is 9.72. The Morgan fingerprint density at radius 3 is 2.42 bits per heavy atom. The maximum absolute atomic E-state index is 12.3. The third-order valence-electron chi connectivity index (χ3n) is 4.54. The summed E-state index contributed by atoms with van der Waals surface area (Å²) in [4.78, 5) is 14.7. The van der Waals surface area contributed by atoms with E-state index >= 15 is 0 Å². The van der Waals surface area contributed by atoms with Crippen molar-refractivity contribution in [3.8, 4) is 0 Å². The molecule has 0 radical (unpaired) electrons. The molecular weight excluding hydrogens is 372 g/mol. The van der Waals surface area contributed by atoms with Gasteiger partial charge < -0.3 is 10.2 Å². The SMILES string of the molecule is CC1CCN(C[C@H](C)NC(=O)[C@@]2(C)CC2(Br)Br)CC1. The van der Waals surface area contributed by atoms with Crippen LogP contribution in [-0.4, -0.2) is 39.7 Å². The number of halogens is 2. The predicted molar refractivity (Wildman–Crippen MR) is 85.8 cm³/mol. The molecule has 2 atom stereocenters. The minimum Gasteiger partial charge on any atom is -0.352 e. The first-order valence-corrected chi connectivity index (χ1v) is 8.74. The lowest BCUT2D eigenvalue weighted by atomic mass is 9.99. The number of carbonyl (C=O) groups excluding carboxylic acids is 1. The van der Waals surface area contributed by atoms with Gasteiger partial charge in [0.2, 0.25) is 5.91 Å². The molecule has 110 valence electrons. The maximum Gasteiger partial charge on any atom is 0.228 e. The average Bonchev–Trinajstić information content (AvgIpc) is 2.83. The topological polar surface area (TPSA) is 32.3 Å². The molecule has 2 rings (SSSR count). The molecule has 1 aliphatic heterocycles. The van der Waals surface area contributed by atoms with Crippen LogP contribution in [0.1, 0.15) is 40.0 Å². The quantitative estimate of drug-likeness (QED) is 0.741. The van der Waals surface area contributed by atoms with Gasteiger partial charge in [0, 0.05) is 12.6 Å². The van der Waals surface area contributed by atoms with Gasteiger partial charge in [-0.15, -0.1) is 0 Å². The van der Waals surface area contributed by atoms with Crippen LogP contribution in [0, 0.1) is 11.3 Å². The van der Waals surface area contributed by atoms with E-state index in [-0.39, 0.29) is 20.6 Å². The number of likely N-dealkylation sites (tertiary alicyclic amines) is 1. The van der Waals surface area contributed by atoms with Gasteiger partial charge in [-0.25, -0.2) is 0 Å². The van der Waals surface area contributed by atoms with Crippen LogP contribution in [0.25, 0.3) is 0 Å². The van der Waals surface area contributed by atoms with Gasteiger partial charge in [-0.1, -0.05) is 38.8 Å². The zero-order valence-corrected chi connectivity index (χ0v) is 15.2. The number of alkyl halides is 2. The van der Waals surface area contributed by atoms with E-state index in [9.17, 15) is 4.79 Å². The fraction of sp³-hybridized carbons (Fsp3) is 0.929. The highest BCUT2D eigenvalue weighted by Crippen LogP contribution is 2.66. The molecule has 1 saturated carbocycles. The van der Waals surface area contributed by atoms with Gasteiger partial charge in [-0.3, -0.25) is 4.79 Å². The number of hydrogen-bond acceptors (Lipinski definition) is 2. The summed E-state index contributed by atoms with van der Waals surface area (Å²) in [6, 6.07) is 0.217. The van der Waals surface area contributed by atoms with Crippen molar-refractivity contribution < 1.29 is 4.79 Å². The van der Waals surface area contributed by atoms with Crippen molar-refractivity contribution in [3.05, 3.63) is 0 Å². The third kappa shape index (κ3) is 3.53. The molecule has 1 amide bonds. The van der Waals surface area contributed by atoms with Crippen LogP contribution in [-0.2, 0) is 4.79 Å². The van der Waals surface area contributed by atoms with Crippen LogP contribution in [0.4, 0.5) is 0 Å². The zero-order valence-electron chi connectivity index (χ0n) is 12.0. The summed E-state index contributed by atoms with van der Waals surface area (Å²) in [7, 11) is 0. The second-order valence-electron chi connectivity index (χ2n) is 6.57. The highest BCUT2D eigenvalue weighted by Gasteiger charge is 2.66. The lowest BCUT2D eigenvalue weighted by molar-refractivity contribution is -0.126. The second-order valence-corrected chi connectivity index (χ2v) is 10.3. The van der Waals surface area contributed by atoms with E-state index in [0.29, 0.717) is 0 Å². The molecule has 1 saturated heterocycles. The van der Waals surface area contributed by atoms with Crippen molar-refractivity contribution in [2.45, 2.75) is 49.3 Å². The monoisotopic (exact) mass is 394 g/mol. The van der Waals surface area contributed by atoms with Gasteiger partial charge in [0.05, 0.1) is 8.65 Å². The molecule has 3 nitrogen and oxygen atoms in total. The number of rotatable bonds is 4. The Labute approximate surface area is 133 Å². The first-order valence-electron chi connectivity index (χ1n) is 7.16. The van der Waals surface area contributed by atoms with Crippen LogP contribution in [0.2, 0.25) is 0 Å². The van der Waals surface area contributed by atoms with Gasteiger partial charge in [-0.2, -0.15) is 0 Å². The molecule has 0 spiro atoms. The van der Waals surface area contributed by atoms with Gasteiger partial charge >= 0.3 is 0 Å². The first-order chi connectivity index (χ1) is 8.74. The molecule has 1 aliphatic carbocycles. The number of nitrogens with one attached hydrogen (secondary N) is 1. The highest BCUT2D eigenvalue weighted by molar-refractivity contribution is 9.25. The smallest absolute Gasteiger partial charge is 0.228 e. The van der Waals surface area contributed by atoms with Crippen molar-refractivity contribution in [3.63, 3.8) is 0 Å². The summed E-state index contributed by atoms with van der Waals surface area (Å²) in [5, 5.41) is 3.16. The molecule has 19 heavy (non-hydrogen) atoms. The molecule has 0 aromatic heterocycles. The summed E-state index contributed by atoms with van der Waals surface area (Å²) < 4.78 is -0.197. The molecule has 0 aromatic carbocycles. The summed E-state index contributed by atoms with van der Waals surface area (Å²) in [6.07, 6.45) is 3.41. The van der Waals surface area contributed by atoms with Gasteiger partial charge in [0.15, 0.2) is 0 Å². The molecule has 5 heteroatoms. The standard InChI is InChI=1S/C14H24Br2N2O/c1-10-4-6-18(7-5-10)8-11(2)17-12(19)13(3)9-14(13,15)16/h10-11H,4-9H2,1-3H3,(H,17,19)/t11-,13+/m0/s1. The van der Waals surface area contributed by atoms with E-state index in [1.165, 1.54) is 25.9 Å². The molecular formula is C14H24Br2N2O. The Morgan fingerprint density at radius 2 is 1.95 bits per heavy atom. The molecule has 2 aliphatic rings. The highest BCUT2D eigenvalue weighted by atomic mass is 79.9. The second kappa shape index (κ2) is 5.64. The number of carbonyl (C=O) groups is 1. The fourth-order valence-electron chi connectivity index (χ4n) is 2.71. The molecule has 1 N–H and O–H groups in total. The van der Waals surface area contributed by atoms with E-state index in [4.69, 9.17) is 0 Å². The van der Waals surface area contributed by atoms with E-state index < -0.39 is 0 Å². The Kier molecular flexibility index (Phi) is 4.69. The third-order valence-corrected chi connectivity index (χ3v) is 6.86. The number of piperidine rings is 1. The predicted octanol–water partition coefficient (Wildman–Crippen LogP) is 3.12. The Balaban J connectivity index is 1.76. The first kappa shape index (κ1) is 15.8. The largest absolute Gasteiger partial charge is 0.352 e. The molecule has 0 unspecified atom stereocenters. The van der Waals surface area contributed by atoms with Crippen molar-refractivity contribution >= 4 is 37.8 Å². The average molecular weight is 396 g/mol. The van der Waals surface area contributed by atoms with Gasteiger partial charge in [-0.05, 0) is 52.1 Å². The Bertz CT molecular complexity index is 353. The van der Waals surface area contributed by atoms with Crippen LogP contribution in [0.15, 0.2) is 0 Å². The van der Waals surface area contributed by atoms with Gasteiger partial charge in [0.1, 0.15) is 0 Å². The summed E-state index contributed by atoms with van der Waals surface area (Å²) in [5.74, 6) is 1.01. The van der Waals surface area contributed by atoms with E-state index in [1.54, 1.807) is 0 Å². The summed E-state index contributed by atoms with van der Waals surface area (Å²) >= 11 is 7.10. The van der Waals surface area contributed by atoms with Crippen LogP contribution < -0.4 is 5.32 Å². The van der Waals surface area contributed by atoms with E-state index in [2.05, 4.69) is 55.9 Å². The maximum atomic E-state index is 12.3. The van der Waals surface area contributed by atoms with Crippen LogP contribution in [0.5, 0.6) is 0 Å². The van der Waals surface area contributed by atoms with E-state index in [0.717, 1.165) is 18.9 Å². The van der Waals surface area contributed by atoms with Crippen LogP contribution >= 0.6 is 31.9 Å². The fourth-order valence-corrected chi connectivity index (χ4v) is 4.19. The van der Waals surface area contributed by atoms with Crippen molar-refractivity contribution in [2.75, 3.05) is 19.6 Å². The zero-order chi connectivity index (χ0) is 14.3. The lowest BCUT2D eigenvalue weighted by Crippen LogP contribution is -2.46. The Morgan fingerprint density at radius 1 is 1.42 bits per heavy atom. The minimum atomic E-state index is -0.308. The van der Waals surface area contributed by atoms with Crippen LogP contribution in [0.3, 0.4) is 0 Å². The normalized spacial score (nSPS) is 32.9. The molecule has 2 fully saturated rings. The lowest BCUT2D eigenvalue weighted by Gasteiger charge is -2.32.